The maximum absolute atomic E-state index is 12.3. The number of benzene rings is 5. The van der Waals surface area contributed by atoms with Crippen molar-refractivity contribution in [1.29, 1.82) is 0 Å². The van der Waals surface area contributed by atoms with Crippen LogP contribution in [0.3, 0.4) is 0 Å². The second-order valence-electron chi connectivity index (χ2n) is 9.95. The molecule has 0 atom stereocenters. The molecule has 7 rings (SSSR count). The predicted molar refractivity (Wildman–Crippen MR) is 220 cm³/mol. The van der Waals surface area contributed by atoms with E-state index in [4.69, 9.17) is 14.2 Å². The largest absolute Gasteiger partial charge is 0.493 e. The molecule has 0 amide bonds. The number of ketones is 1. The average Bonchev–Trinajstić information content (AvgIpc) is 3.78. The van der Waals surface area contributed by atoms with Gasteiger partial charge in [-0.2, -0.15) is 0 Å². The Morgan fingerprint density at radius 2 is 1.32 bits per heavy atom. The van der Waals surface area contributed by atoms with Crippen LogP contribution in [0.2, 0.25) is 0 Å². The Labute approximate surface area is 328 Å². The van der Waals surface area contributed by atoms with Gasteiger partial charge >= 0.3 is 56.5 Å². The van der Waals surface area contributed by atoms with Crippen molar-refractivity contribution < 1.29 is 42.2 Å². The average molecular weight is 1200 g/mol. The fraction of sp³-hybridized carbons (Fsp3) is 0.167. The Hall–Kier alpha value is -1.45. The van der Waals surface area contributed by atoms with Crippen molar-refractivity contribution in [1.82, 2.24) is 0 Å². The molecule has 248 valence electrons. The topological polar surface area (TPSA) is 82.1 Å². The van der Waals surface area contributed by atoms with Gasteiger partial charge in [-0.3, -0.25) is 4.79 Å². The second kappa shape index (κ2) is 20.3. The van der Waals surface area contributed by atoms with Crippen molar-refractivity contribution in [3.05, 3.63) is 125 Å². The molecule has 2 aliphatic rings. The number of carbonyl (C=O) groups excluding carboxylic acids is 2. The minimum atomic E-state index is -0.470. The standard InChI is InChI=1S/C20H16O4.C15H12O2.CH4.I3.I2/c1-23-20(22)16-10-17(21)14-11-18-13(7-8-24-18)9-15(14)19(16)12-5-3-2-4-6-12;16-15(11-4-2-1-3-5-11)13-6-7-14-12(10-13)8-9-17-14;;1-3-2;1-2/h2-6,9-11,21H,7-8H2,1H3;1-7,10H,8-9H2;1H4;;/q;;;-1;. The van der Waals surface area contributed by atoms with Crippen LogP contribution < -0.4 is 22.7 Å². The molecular formula is C36H32I5O6-. The maximum Gasteiger partial charge on any atom is 0.193 e. The Morgan fingerprint density at radius 3 is 1.94 bits per heavy atom. The van der Waals surface area contributed by atoms with Gasteiger partial charge in [0.05, 0.1) is 25.9 Å². The maximum atomic E-state index is 12.3. The van der Waals surface area contributed by atoms with Gasteiger partial charge in [-0.15, -0.1) is 0 Å². The monoisotopic (exact) mass is 1190 g/mol. The summed E-state index contributed by atoms with van der Waals surface area (Å²) in [7, 11) is 1.34. The zero-order valence-corrected chi connectivity index (χ0v) is 35.2. The smallest absolute Gasteiger partial charge is 0.193 e. The number of hydrogen-bond acceptors (Lipinski definition) is 6. The number of carbonyl (C=O) groups is 2. The third-order valence-corrected chi connectivity index (χ3v) is 7.38. The molecule has 0 fully saturated rings. The van der Waals surface area contributed by atoms with Crippen LogP contribution in [0.5, 0.6) is 17.2 Å². The Kier molecular flexibility index (Phi) is 17.3. The van der Waals surface area contributed by atoms with Crippen LogP contribution in [0, 0.1) is 0 Å². The zero-order chi connectivity index (χ0) is 33.1. The van der Waals surface area contributed by atoms with Crippen LogP contribution in [0.15, 0.2) is 97.1 Å². The van der Waals surface area contributed by atoms with E-state index in [1.807, 2.05) is 91.0 Å². The first-order chi connectivity index (χ1) is 22.4. The van der Waals surface area contributed by atoms with Crippen molar-refractivity contribution >= 4 is 97.0 Å². The van der Waals surface area contributed by atoms with Gasteiger partial charge in [-0.25, -0.2) is 4.79 Å². The number of phenols is 1. The predicted octanol–water partition coefficient (Wildman–Crippen LogP) is 7.97. The van der Waals surface area contributed by atoms with Crippen molar-refractivity contribution in [2.75, 3.05) is 20.3 Å². The first-order valence-electron chi connectivity index (χ1n) is 13.9. The molecule has 0 bridgehead atoms. The molecule has 6 nitrogen and oxygen atoms in total. The van der Waals surface area contributed by atoms with Crippen LogP contribution in [-0.4, -0.2) is 37.2 Å². The number of aromatic hydroxyl groups is 1. The summed E-state index contributed by atoms with van der Waals surface area (Å²) in [5.74, 6) is 1.35. The third-order valence-electron chi connectivity index (χ3n) is 7.38. The van der Waals surface area contributed by atoms with Gasteiger partial charge in [-0.1, -0.05) is 68.1 Å². The summed E-state index contributed by atoms with van der Waals surface area (Å²) in [6, 6.07) is 30.0. The molecule has 5 aromatic rings. The van der Waals surface area contributed by atoms with Crippen molar-refractivity contribution in [3.63, 3.8) is 0 Å². The van der Waals surface area contributed by atoms with Gasteiger partial charge in [-0.05, 0) is 58.5 Å². The minimum absolute atomic E-state index is 0. The summed E-state index contributed by atoms with van der Waals surface area (Å²) in [4.78, 5) is 24.5. The number of hydrogen-bond donors (Lipinski definition) is 1. The van der Waals surface area contributed by atoms with E-state index in [0.717, 1.165) is 69.7 Å². The second-order valence-corrected chi connectivity index (χ2v) is 26.2. The number of halogens is 5. The molecule has 5 aromatic carbocycles. The van der Waals surface area contributed by atoms with Gasteiger partial charge in [0, 0.05) is 72.1 Å². The Bertz CT molecular complexity index is 1800. The molecule has 47 heavy (non-hydrogen) atoms. The summed E-state index contributed by atoms with van der Waals surface area (Å²) < 4.78 is 16.0. The Morgan fingerprint density at radius 1 is 0.745 bits per heavy atom. The first kappa shape index (κ1) is 40.0. The van der Waals surface area contributed by atoms with E-state index in [9.17, 15) is 14.7 Å². The quantitative estimate of drug-likeness (QED) is 0.112. The Balaban J connectivity index is 0.000000230. The fourth-order valence-corrected chi connectivity index (χ4v) is 5.35. The van der Waals surface area contributed by atoms with Gasteiger partial charge in [0.2, 0.25) is 0 Å². The zero-order valence-electron chi connectivity index (χ0n) is 24.4. The summed E-state index contributed by atoms with van der Waals surface area (Å²) >= 11 is 9.54. The number of esters is 1. The molecule has 0 unspecified atom stereocenters. The molecule has 11 heteroatoms. The van der Waals surface area contributed by atoms with Crippen LogP contribution in [0.1, 0.15) is 44.8 Å². The molecule has 0 saturated heterocycles. The van der Waals surface area contributed by atoms with E-state index in [-0.39, 0.29) is 19.0 Å². The fourth-order valence-electron chi connectivity index (χ4n) is 5.35. The number of fused-ring (bicyclic) bond motifs is 3. The number of methoxy groups -OCH3 is 1. The SMILES string of the molecule is C.COC(=O)c1cc(O)c2cc3c(cc2c1-c1ccccc1)CCO3.II.I[I-]I.O=C(c1ccccc1)c1ccc2c(c1)CCO2. The molecule has 2 aliphatic heterocycles. The molecule has 2 heterocycles. The summed E-state index contributed by atoms with van der Waals surface area (Å²) in [6.07, 6.45) is 1.72. The van der Waals surface area contributed by atoms with Gasteiger partial charge in [0.1, 0.15) is 17.2 Å². The van der Waals surface area contributed by atoms with Crippen molar-refractivity contribution in [2.24, 2.45) is 0 Å². The van der Waals surface area contributed by atoms with E-state index in [1.54, 1.807) is 0 Å². The summed E-state index contributed by atoms with van der Waals surface area (Å²) in [5, 5.41) is 11.9. The normalized spacial score (nSPS) is 11.8. The molecular weight excluding hydrogens is 1160 g/mol. The molecule has 0 saturated carbocycles. The molecule has 0 aromatic heterocycles. The molecule has 0 spiro atoms. The molecule has 0 aliphatic carbocycles. The molecule has 1 N–H and O–H groups in total. The number of rotatable bonds is 4. The van der Waals surface area contributed by atoms with E-state index < -0.39 is 5.97 Å². The molecule has 0 radical (unpaired) electrons. The minimum Gasteiger partial charge on any atom is -0.493 e. The van der Waals surface area contributed by atoms with Crippen molar-refractivity contribution in [2.45, 2.75) is 20.3 Å². The van der Waals surface area contributed by atoms with E-state index in [1.165, 1.54) is 13.2 Å². The van der Waals surface area contributed by atoms with E-state index in [2.05, 4.69) is 74.5 Å². The summed E-state index contributed by atoms with van der Waals surface area (Å²) in [6.45, 7) is 1.36. The van der Waals surface area contributed by atoms with E-state index in [0.29, 0.717) is 30.8 Å². The third kappa shape index (κ3) is 10.1. The van der Waals surface area contributed by atoms with Crippen molar-refractivity contribution in [3.8, 4) is 28.4 Å². The van der Waals surface area contributed by atoms with Crippen LogP contribution in [0.4, 0.5) is 0 Å². The van der Waals surface area contributed by atoms with Gasteiger partial charge in [0.25, 0.3) is 0 Å². The van der Waals surface area contributed by atoms with Crippen LogP contribution in [0.25, 0.3) is 21.9 Å². The van der Waals surface area contributed by atoms with Gasteiger partial charge < -0.3 is 19.3 Å². The van der Waals surface area contributed by atoms with Crippen LogP contribution in [-0.2, 0) is 17.6 Å². The van der Waals surface area contributed by atoms with Gasteiger partial charge in [0.15, 0.2) is 5.78 Å². The van der Waals surface area contributed by atoms with Crippen LogP contribution >= 0.6 is 74.5 Å². The summed E-state index contributed by atoms with van der Waals surface area (Å²) in [5.41, 5.74) is 5.71. The first-order valence-corrected chi connectivity index (χ1v) is 32.8. The number of ether oxygens (including phenoxy) is 3. The number of phenolic OH excluding ortho intramolecular Hbond substituents is 1. The van der Waals surface area contributed by atoms with E-state index >= 15 is 0 Å².